The number of hydrogen-bond donors (Lipinski definition) is 1. The molecule has 20 heavy (non-hydrogen) atoms. The molecule has 1 aliphatic heterocycles. The van der Waals surface area contributed by atoms with Gasteiger partial charge < -0.3 is 5.73 Å². The maximum atomic E-state index is 12.9. The topological polar surface area (TPSA) is 66.6 Å². The molecule has 2 unspecified atom stereocenters. The molecule has 5 nitrogen and oxygen atoms in total. The van der Waals surface area contributed by atoms with Crippen LogP contribution < -0.4 is 5.73 Å². The Bertz CT molecular complexity index is 407. The third-order valence-electron chi connectivity index (χ3n) is 4.95. The quantitative estimate of drug-likeness (QED) is 0.857. The molecule has 0 aromatic heterocycles. The predicted molar refractivity (Wildman–Crippen MR) is 81.5 cm³/mol. The summed E-state index contributed by atoms with van der Waals surface area (Å²) in [5, 5.41) is 0. The summed E-state index contributed by atoms with van der Waals surface area (Å²) in [4.78, 5) is 0. The summed E-state index contributed by atoms with van der Waals surface area (Å²) in [5.41, 5.74) is 5.81. The lowest BCUT2D eigenvalue weighted by atomic mass is 9.94. The first-order valence-corrected chi connectivity index (χ1v) is 9.31. The van der Waals surface area contributed by atoms with Crippen LogP contribution in [-0.2, 0) is 10.2 Å². The molecule has 118 valence electrons. The largest absolute Gasteiger partial charge is 0.329 e. The van der Waals surface area contributed by atoms with Gasteiger partial charge in [-0.25, -0.2) is 0 Å². The highest BCUT2D eigenvalue weighted by Gasteiger charge is 2.38. The van der Waals surface area contributed by atoms with Crippen LogP contribution in [0.5, 0.6) is 0 Å². The van der Waals surface area contributed by atoms with Gasteiger partial charge in [0.1, 0.15) is 0 Å². The lowest BCUT2D eigenvalue weighted by Crippen LogP contribution is -2.55. The zero-order valence-electron chi connectivity index (χ0n) is 12.8. The van der Waals surface area contributed by atoms with Crippen LogP contribution in [0.25, 0.3) is 0 Å². The van der Waals surface area contributed by atoms with E-state index in [0.717, 1.165) is 38.5 Å². The van der Waals surface area contributed by atoms with Crippen molar-refractivity contribution < 1.29 is 8.42 Å². The SMILES string of the molecule is CC1CCN(S(=O)(=O)N(C)C2CCCCC2)C(CN)C1. The highest BCUT2D eigenvalue weighted by Crippen LogP contribution is 2.29. The Balaban J connectivity index is 2.11. The Hall–Kier alpha value is -0.170. The normalized spacial score (nSPS) is 30.8. The first-order chi connectivity index (χ1) is 9.46. The van der Waals surface area contributed by atoms with Gasteiger partial charge in [0, 0.05) is 32.2 Å². The zero-order valence-corrected chi connectivity index (χ0v) is 13.6. The summed E-state index contributed by atoms with van der Waals surface area (Å²) in [5.74, 6) is 0.565. The second kappa shape index (κ2) is 6.73. The Morgan fingerprint density at radius 1 is 1.20 bits per heavy atom. The smallest absolute Gasteiger partial charge is 0.282 e. The highest BCUT2D eigenvalue weighted by atomic mass is 32.2. The van der Waals surface area contributed by atoms with Crippen molar-refractivity contribution in [2.24, 2.45) is 11.7 Å². The van der Waals surface area contributed by atoms with Gasteiger partial charge in [0.2, 0.25) is 0 Å². The molecule has 0 amide bonds. The zero-order chi connectivity index (χ0) is 14.8. The van der Waals surface area contributed by atoms with Crippen LogP contribution in [0.4, 0.5) is 0 Å². The molecule has 2 N–H and O–H groups in total. The summed E-state index contributed by atoms with van der Waals surface area (Å²) in [7, 11) is -1.61. The van der Waals surface area contributed by atoms with E-state index in [1.165, 1.54) is 6.42 Å². The van der Waals surface area contributed by atoms with Gasteiger partial charge in [-0.3, -0.25) is 0 Å². The van der Waals surface area contributed by atoms with Gasteiger partial charge in [0.15, 0.2) is 0 Å². The molecule has 0 radical (unpaired) electrons. The van der Waals surface area contributed by atoms with Crippen molar-refractivity contribution in [2.45, 2.75) is 64.0 Å². The van der Waals surface area contributed by atoms with E-state index in [9.17, 15) is 8.42 Å². The highest BCUT2D eigenvalue weighted by molar-refractivity contribution is 7.86. The van der Waals surface area contributed by atoms with Crippen LogP contribution in [0.15, 0.2) is 0 Å². The molecule has 6 heteroatoms. The van der Waals surface area contributed by atoms with Gasteiger partial charge in [0.25, 0.3) is 10.2 Å². The Morgan fingerprint density at radius 2 is 1.85 bits per heavy atom. The molecular formula is C14H29N3O2S. The fourth-order valence-electron chi connectivity index (χ4n) is 3.55. The van der Waals surface area contributed by atoms with Crippen LogP contribution in [0.2, 0.25) is 0 Å². The Morgan fingerprint density at radius 3 is 2.45 bits per heavy atom. The number of nitrogens with zero attached hydrogens (tertiary/aromatic N) is 2. The summed E-state index contributed by atoms with van der Waals surface area (Å²) < 4.78 is 29.0. The molecule has 1 saturated carbocycles. The van der Waals surface area contributed by atoms with Crippen LogP contribution in [0.1, 0.15) is 51.9 Å². The minimum absolute atomic E-state index is 0.0326. The van der Waals surface area contributed by atoms with Crippen molar-refractivity contribution in [3.8, 4) is 0 Å². The van der Waals surface area contributed by atoms with E-state index in [1.807, 2.05) is 0 Å². The van der Waals surface area contributed by atoms with Gasteiger partial charge >= 0.3 is 0 Å². The molecule has 0 spiro atoms. The fraction of sp³-hybridized carbons (Fsp3) is 1.00. The molecule has 0 bridgehead atoms. The van der Waals surface area contributed by atoms with Crippen LogP contribution in [0, 0.1) is 5.92 Å². The summed E-state index contributed by atoms with van der Waals surface area (Å²) >= 11 is 0. The number of hydrogen-bond acceptors (Lipinski definition) is 3. The van der Waals surface area contributed by atoms with E-state index in [0.29, 0.717) is 19.0 Å². The monoisotopic (exact) mass is 303 g/mol. The van der Waals surface area contributed by atoms with Gasteiger partial charge in [0.05, 0.1) is 0 Å². The lowest BCUT2D eigenvalue weighted by Gasteiger charge is -2.41. The lowest BCUT2D eigenvalue weighted by molar-refractivity contribution is 0.187. The average Bonchev–Trinajstić information content (AvgIpc) is 2.46. The predicted octanol–water partition coefficient (Wildman–Crippen LogP) is 1.55. The molecule has 0 aromatic carbocycles. The van der Waals surface area contributed by atoms with Gasteiger partial charge in [-0.1, -0.05) is 26.2 Å². The number of nitrogens with two attached hydrogens (primary N) is 1. The van der Waals surface area contributed by atoms with Crippen molar-refractivity contribution in [1.29, 1.82) is 0 Å². The van der Waals surface area contributed by atoms with Crippen LogP contribution in [0.3, 0.4) is 0 Å². The minimum atomic E-state index is -3.36. The second-order valence-corrected chi connectivity index (χ2v) is 8.39. The maximum absolute atomic E-state index is 12.9. The Labute approximate surface area is 123 Å². The van der Waals surface area contributed by atoms with Crippen LogP contribution in [-0.4, -0.2) is 49.2 Å². The number of rotatable bonds is 4. The first kappa shape index (κ1) is 16.2. The molecule has 1 aliphatic carbocycles. The minimum Gasteiger partial charge on any atom is -0.329 e. The molecular weight excluding hydrogens is 274 g/mol. The van der Waals surface area contributed by atoms with E-state index < -0.39 is 10.2 Å². The van der Waals surface area contributed by atoms with E-state index in [4.69, 9.17) is 5.73 Å². The molecule has 2 rings (SSSR count). The van der Waals surface area contributed by atoms with Gasteiger partial charge in [-0.2, -0.15) is 17.0 Å². The molecule has 1 heterocycles. The summed E-state index contributed by atoms with van der Waals surface area (Å²) in [6.07, 6.45) is 7.32. The standard InChI is InChI=1S/C14H29N3O2S/c1-12-8-9-17(14(10-12)11-15)20(18,19)16(2)13-6-4-3-5-7-13/h12-14H,3-11,15H2,1-2H3. The van der Waals surface area contributed by atoms with Crippen molar-refractivity contribution in [1.82, 2.24) is 8.61 Å². The fourth-order valence-corrected chi connectivity index (χ4v) is 5.35. The summed E-state index contributed by atoms with van der Waals surface area (Å²) in [6.45, 7) is 3.21. The molecule has 0 aromatic rings. The van der Waals surface area contributed by atoms with Crippen molar-refractivity contribution in [3.05, 3.63) is 0 Å². The Kier molecular flexibility index (Phi) is 5.45. The van der Waals surface area contributed by atoms with Crippen molar-refractivity contribution in [3.63, 3.8) is 0 Å². The third-order valence-corrected chi connectivity index (χ3v) is 7.04. The van der Waals surface area contributed by atoms with E-state index in [2.05, 4.69) is 6.92 Å². The van der Waals surface area contributed by atoms with Crippen LogP contribution >= 0.6 is 0 Å². The van der Waals surface area contributed by atoms with Crippen molar-refractivity contribution >= 4 is 10.2 Å². The molecule has 2 fully saturated rings. The maximum Gasteiger partial charge on any atom is 0.282 e. The summed E-state index contributed by atoms with van der Waals surface area (Å²) in [6, 6.07) is 0.140. The molecule has 2 aliphatic rings. The second-order valence-electron chi connectivity index (χ2n) is 6.45. The van der Waals surface area contributed by atoms with Gasteiger partial charge in [-0.05, 0) is 31.6 Å². The van der Waals surface area contributed by atoms with Gasteiger partial charge in [-0.15, -0.1) is 0 Å². The first-order valence-electron chi connectivity index (χ1n) is 7.91. The van der Waals surface area contributed by atoms with E-state index >= 15 is 0 Å². The van der Waals surface area contributed by atoms with E-state index in [1.54, 1.807) is 15.7 Å². The average molecular weight is 303 g/mol. The van der Waals surface area contributed by atoms with Crippen molar-refractivity contribution in [2.75, 3.05) is 20.1 Å². The van der Waals surface area contributed by atoms with E-state index in [-0.39, 0.29) is 12.1 Å². The number of piperidine rings is 1. The third kappa shape index (κ3) is 3.35. The molecule has 2 atom stereocenters. The molecule has 1 saturated heterocycles.